The summed E-state index contributed by atoms with van der Waals surface area (Å²) in [6, 6.07) is 2.77. The number of carbonyl (C=O) groups is 2. The minimum Gasteiger partial charge on any atom is -0.298 e. The zero-order valence-electron chi connectivity index (χ0n) is 5.88. The molecule has 0 N–H and O–H groups in total. The summed E-state index contributed by atoms with van der Waals surface area (Å²) in [5.41, 5.74) is -0.159. The first kappa shape index (κ1) is 9.31. The molecule has 0 amide bonds. The van der Waals surface area contributed by atoms with Gasteiger partial charge in [0.05, 0.1) is 11.1 Å². The standard InChI is InChI=1S/C8H4FIO2/c9-8-5(3-11)1-7(10)2-6(8)4-12/h1-4H. The zero-order valence-corrected chi connectivity index (χ0v) is 8.04. The van der Waals surface area contributed by atoms with Gasteiger partial charge in [0, 0.05) is 3.57 Å². The fourth-order valence-electron chi connectivity index (χ4n) is 0.804. The Balaban J connectivity index is 3.41. The Kier molecular flexibility index (Phi) is 2.91. The van der Waals surface area contributed by atoms with Crippen molar-refractivity contribution in [1.29, 1.82) is 0 Å². The summed E-state index contributed by atoms with van der Waals surface area (Å²) in [7, 11) is 0. The van der Waals surface area contributed by atoms with E-state index in [4.69, 9.17) is 0 Å². The van der Waals surface area contributed by atoms with Gasteiger partial charge in [-0.05, 0) is 34.7 Å². The highest BCUT2D eigenvalue weighted by Crippen LogP contribution is 2.14. The van der Waals surface area contributed by atoms with Gasteiger partial charge in [-0.1, -0.05) is 0 Å². The van der Waals surface area contributed by atoms with E-state index >= 15 is 0 Å². The molecule has 0 saturated carbocycles. The highest BCUT2D eigenvalue weighted by Gasteiger charge is 2.07. The number of hydrogen-bond acceptors (Lipinski definition) is 2. The molecule has 1 aromatic rings. The molecule has 0 aliphatic rings. The van der Waals surface area contributed by atoms with Gasteiger partial charge in [-0.15, -0.1) is 0 Å². The third-order valence-corrected chi connectivity index (χ3v) is 1.97. The van der Waals surface area contributed by atoms with Crippen LogP contribution >= 0.6 is 22.6 Å². The monoisotopic (exact) mass is 278 g/mol. The number of rotatable bonds is 2. The van der Waals surface area contributed by atoms with E-state index in [1.165, 1.54) is 12.1 Å². The summed E-state index contributed by atoms with van der Waals surface area (Å²) < 4.78 is 13.7. The van der Waals surface area contributed by atoms with Crippen LogP contribution in [0.1, 0.15) is 20.7 Å². The minimum atomic E-state index is -0.750. The molecule has 0 atom stereocenters. The van der Waals surface area contributed by atoms with Crippen LogP contribution in [-0.2, 0) is 0 Å². The average molecular weight is 278 g/mol. The van der Waals surface area contributed by atoms with Crippen molar-refractivity contribution in [2.75, 3.05) is 0 Å². The second kappa shape index (κ2) is 3.75. The second-order valence-electron chi connectivity index (χ2n) is 2.13. The fraction of sp³-hybridized carbons (Fsp3) is 0. The molecule has 12 heavy (non-hydrogen) atoms. The number of halogens is 2. The van der Waals surface area contributed by atoms with Gasteiger partial charge >= 0.3 is 0 Å². The summed E-state index contributed by atoms with van der Waals surface area (Å²) in [6.07, 6.45) is 0.787. The molecular formula is C8H4FIO2. The third kappa shape index (κ3) is 1.69. The van der Waals surface area contributed by atoms with Crippen LogP contribution in [0.5, 0.6) is 0 Å². The minimum absolute atomic E-state index is 0.0796. The summed E-state index contributed by atoms with van der Waals surface area (Å²) in [4.78, 5) is 20.6. The molecule has 1 aromatic carbocycles. The summed E-state index contributed by atoms with van der Waals surface area (Å²) in [6.45, 7) is 0. The maximum Gasteiger partial charge on any atom is 0.153 e. The summed E-state index contributed by atoms with van der Waals surface area (Å²) in [5.74, 6) is -0.750. The first-order chi connectivity index (χ1) is 5.69. The highest BCUT2D eigenvalue weighted by atomic mass is 127. The van der Waals surface area contributed by atoms with Crippen molar-refractivity contribution in [3.63, 3.8) is 0 Å². The number of benzene rings is 1. The van der Waals surface area contributed by atoms with Crippen LogP contribution < -0.4 is 0 Å². The van der Waals surface area contributed by atoms with Gasteiger partial charge in [0.25, 0.3) is 0 Å². The Morgan fingerprint density at radius 1 is 1.17 bits per heavy atom. The van der Waals surface area contributed by atoms with Crippen LogP contribution in [0.2, 0.25) is 0 Å². The molecule has 0 heterocycles. The first-order valence-corrected chi connectivity index (χ1v) is 4.16. The molecule has 0 bridgehead atoms. The lowest BCUT2D eigenvalue weighted by Gasteiger charge is -1.98. The van der Waals surface area contributed by atoms with Crippen LogP contribution in [0.4, 0.5) is 4.39 Å². The normalized spacial score (nSPS) is 9.50. The van der Waals surface area contributed by atoms with Gasteiger partial charge in [0.15, 0.2) is 12.6 Å². The third-order valence-electron chi connectivity index (χ3n) is 1.35. The Labute approximate surface area is 81.9 Å². The Bertz CT molecular complexity index is 307. The van der Waals surface area contributed by atoms with Crippen LogP contribution in [0.25, 0.3) is 0 Å². The topological polar surface area (TPSA) is 34.1 Å². The van der Waals surface area contributed by atoms with Crippen LogP contribution in [-0.4, -0.2) is 12.6 Å². The van der Waals surface area contributed by atoms with Crippen molar-refractivity contribution in [3.8, 4) is 0 Å². The van der Waals surface area contributed by atoms with Gasteiger partial charge < -0.3 is 0 Å². The molecule has 0 unspecified atom stereocenters. The maximum absolute atomic E-state index is 13.0. The number of carbonyl (C=O) groups excluding carboxylic acids is 2. The molecule has 0 radical (unpaired) electrons. The summed E-state index contributed by atoms with van der Waals surface area (Å²) in [5, 5.41) is 0. The second-order valence-corrected chi connectivity index (χ2v) is 3.38. The van der Waals surface area contributed by atoms with Crippen molar-refractivity contribution >= 4 is 35.2 Å². The van der Waals surface area contributed by atoms with Gasteiger partial charge in [-0.2, -0.15) is 0 Å². The molecule has 0 saturated heterocycles. The first-order valence-electron chi connectivity index (χ1n) is 3.08. The predicted octanol–water partition coefficient (Wildman–Crippen LogP) is 2.06. The molecule has 2 nitrogen and oxygen atoms in total. The molecule has 0 spiro atoms. The maximum atomic E-state index is 13.0. The molecule has 0 fully saturated rings. The van der Waals surface area contributed by atoms with Gasteiger partial charge in [-0.25, -0.2) is 4.39 Å². The Morgan fingerprint density at radius 3 is 1.92 bits per heavy atom. The highest BCUT2D eigenvalue weighted by molar-refractivity contribution is 14.1. The van der Waals surface area contributed by atoms with E-state index in [2.05, 4.69) is 0 Å². The number of hydrogen-bond donors (Lipinski definition) is 0. The lowest BCUT2D eigenvalue weighted by atomic mass is 10.1. The molecular weight excluding hydrogens is 274 g/mol. The molecule has 0 aliphatic carbocycles. The van der Waals surface area contributed by atoms with E-state index in [-0.39, 0.29) is 11.1 Å². The van der Waals surface area contributed by atoms with Crippen molar-refractivity contribution in [2.24, 2.45) is 0 Å². The van der Waals surface area contributed by atoms with Gasteiger partial charge in [0.2, 0.25) is 0 Å². The zero-order chi connectivity index (χ0) is 9.14. The fourth-order valence-corrected chi connectivity index (χ4v) is 1.47. The molecule has 0 aromatic heterocycles. The Hall–Kier alpha value is -0.780. The van der Waals surface area contributed by atoms with Crippen molar-refractivity contribution in [3.05, 3.63) is 32.6 Å². The van der Waals surface area contributed by atoms with Gasteiger partial charge in [-0.3, -0.25) is 9.59 Å². The molecule has 4 heteroatoms. The summed E-state index contributed by atoms with van der Waals surface area (Å²) >= 11 is 1.91. The van der Waals surface area contributed by atoms with Crippen molar-refractivity contribution in [1.82, 2.24) is 0 Å². The van der Waals surface area contributed by atoms with E-state index < -0.39 is 5.82 Å². The van der Waals surface area contributed by atoms with Crippen LogP contribution in [0.15, 0.2) is 12.1 Å². The van der Waals surface area contributed by atoms with E-state index in [9.17, 15) is 14.0 Å². The van der Waals surface area contributed by atoms with E-state index in [1.54, 1.807) is 0 Å². The quantitative estimate of drug-likeness (QED) is 0.613. The lowest BCUT2D eigenvalue weighted by Crippen LogP contribution is -1.95. The number of aldehydes is 2. The SMILES string of the molecule is O=Cc1cc(I)cc(C=O)c1F. The van der Waals surface area contributed by atoms with Crippen molar-refractivity contribution < 1.29 is 14.0 Å². The Morgan fingerprint density at radius 2 is 1.58 bits per heavy atom. The predicted molar refractivity (Wildman–Crippen MR) is 49.9 cm³/mol. The van der Waals surface area contributed by atoms with E-state index in [1.807, 2.05) is 22.6 Å². The lowest BCUT2D eigenvalue weighted by molar-refractivity contribution is 0.111. The van der Waals surface area contributed by atoms with Crippen molar-refractivity contribution in [2.45, 2.75) is 0 Å². The largest absolute Gasteiger partial charge is 0.298 e. The van der Waals surface area contributed by atoms with Crippen LogP contribution in [0, 0.1) is 9.39 Å². The smallest absolute Gasteiger partial charge is 0.153 e. The molecule has 1 rings (SSSR count). The van der Waals surface area contributed by atoms with Crippen LogP contribution in [0.3, 0.4) is 0 Å². The van der Waals surface area contributed by atoms with E-state index in [0.717, 1.165) is 0 Å². The molecule has 0 aliphatic heterocycles. The average Bonchev–Trinajstić information content (AvgIpc) is 2.08. The van der Waals surface area contributed by atoms with Gasteiger partial charge in [0.1, 0.15) is 5.82 Å². The van der Waals surface area contributed by atoms with E-state index in [0.29, 0.717) is 16.1 Å². The molecule has 62 valence electrons.